The van der Waals surface area contributed by atoms with Crippen LogP contribution in [0.5, 0.6) is 0 Å². The van der Waals surface area contributed by atoms with Crippen LogP contribution in [0.1, 0.15) is 12.5 Å². The Labute approximate surface area is 99.4 Å². The lowest BCUT2D eigenvalue weighted by Crippen LogP contribution is -2.26. The summed E-state index contributed by atoms with van der Waals surface area (Å²) in [5, 5.41) is 11.2. The molecule has 0 aromatic heterocycles. The van der Waals surface area contributed by atoms with Gasteiger partial charge in [-0.25, -0.2) is 4.79 Å². The minimum Gasteiger partial charge on any atom is -0.479 e. The molecule has 5 nitrogen and oxygen atoms in total. The van der Waals surface area contributed by atoms with Crippen molar-refractivity contribution in [1.82, 2.24) is 0 Å². The summed E-state index contributed by atoms with van der Waals surface area (Å²) >= 11 is 0. The molecule has 0 saturated carbocycles. The summed E-state index contributed by atoms with van der Waals surface area (Å²) in [7, 11) is 0. The molecule has 5 heteroatoms. The number of carboxylic acids is 1. The standard InChI is InChI=1S/C12H15NO4/c1-8-5-3-4-6-10(8)13-11(14)7-17-9(2)12(15)16/h3-6,9H,7H2,1-2H3,(H,13,14)(H,15,16)/t9-/m1/s1. The molecule has 1 aromatic carbocycles. The van der Waals surface area contributed by atoms with Gasteiger partial charge < -0.3 is 15.2 Å². The smallest absolute Gasteiger partial charge is 0.332 e. The van der Waals surface area contributed by atoms with Crippen molar-refractivity contribution >= 4 is 17.6 Å². The fraction of sp³-hybridized carbons (Fsp3) is 0.333. The summed E-state index contributed by atoms with van der Waals surface area (Å²) in [4.78, 5) is 21.9. The van der Waals surface area contributed by atoms with Gasteiger partial charge in [-0.3, -0.25) is 4.79 Å². The van der Waals surface area contributed by atoms with E-state index < -0.39 is 12.1 Å². The number of rotatable bonds is 5. The Morgan fingerprint density at radius 1 is 1.41 bits per heavy atom. The highest BCUT2D eigenvalue weighted by atomic mass is 16.5. The molecule has 92 valence electrons. The van der Waals surface area contributed by atoms with Crippen LogP contribution in [0.4, 0.5) is 5.69 Å². The Balaban J connectivity index is 2.46. The predicted molar refractivity (Wildman–Crippen MR) is 62.9 cm³/mol. The summed E-state index contributed by atoms with van der Waals surface area (Å²) < 4.78 is 4.87. The first kappa shape index (κ1) is 13.2. The Morgan fingerprint density at radius 2 is 2.06 bits per heavy atom. The Bertz CT molecular complexity index is 417. The fourth-order valence-corrected chi connectivity index (χ4v) is 1.17. The quantitative estimate of drug-likeness (QED) is 0.812. The number of ether oxygens (including phenoxy) is 1. The van der Waals surface area contributed by atoms with Gasteiger partial charge in [0, 0.05) is 5.69 Å². The number of aliphatic carboxylic acids is 1. The third-order valence-electron chi connectivity index (χ3n) is 2.23. The molecule has 0 bridgehead atoms. The molecule has 0 radical (unpaired) electrons. The van der Waals surface area contributed by atoms with E-state index in [2.05, 4.69) is 5.32 Å². The van der Waals surface area contributed by atoms with E-state index in [1.54, 1.807) is 6.07 Å². The number of nitrogens with one attached hydrogen (secondary N) is 1. The molecular weight excluding hydrogens is 222 g/mol. The highest BCUT2D eigenvalue weighted by molar-refractivity contribution is 5.92. The first-order valence-electron chi connectivity index (χ1n) is 5.20. The van der Waals surface area contributed by atoms with Gasteiger partial charge in [0.25, 0.3) is 0 Å². The fourth-order valence-electron chi connectivity index (χ4n) is 1.17. The highest BCUT2D eigenvalue weighted by Gasteiger charge is 2.13. The topological polar surface area (TPSA) is 75.6 Å². The van der Waals surface area contributed by atoms with E-state index in [4.69, 9.17) is 9.84 Å². The number of para-hydroxylation sites is 1. The van der Waals surface area contributed by atoms with Crippen molar-refractivity contribution in [1.29, 1.82) is 0 Å². The Morgan fingerprint density at radius 3 is 2.65 bits per heavy atom. The largest absolute Gasteiger partial charge is 0.479 e. The lowest BCUT2D eigenvalue weighted by Gasteiger charge is -2.10. The van der Waals surface area contributed by atoms with Gasteiger partial charge in [-0.1, -0.05) is 18.2 Å². The molecule has 0 aliphatic heterocycles. The van der Waals surface area contributed by atoms with Crippen LogP contribution in [0.2, 0.25) is 0 Å². The summed E-state index contributed by atoms with van der Waals surface area (Å²) in [5.41, 5.74) is 1.64. The second-order valence-electron chi connectivity index (χ2n) is 3.65. The van der Waals surface area contributed by atoms with E-state index >= 15 is 0 Å². The molecule has 0 aliphatic rings. The molecule has 0 heterocycles. The average molecular weight is 237 g/mol. The van der Waals surface area contributed by atoms with Crippen LogP contribution in [0, 0.1) is 6.92 Å². The van der Waals surface area contributed by atoms with Gasteiger partial charge >= 0.3 is 5.97 Å². The van der Waals surface area contributed by atoms with Crippen molar-refractivity contribution in [2.45, 2.75) is 20.0 Å². The minimum absolute atomic E-state index is 0.276. The zero-order valence-electron chi connectivity index (χ0n) is 9.77. The Hall–Kier alpha value is -1.88. The lowest BCUT2D eigenvalue weighted by molar-refractivity contribution is -0.150. The van der Waals surface area contributed by atoms with Crippen LogP contribution < -0.4 is 5.32 Å². The first-order chi connectivity index (χ1) is 8.00. The van der Waals surface area contributed by atoms with Crippen LogP contribution in [0.15, 0.2) is 24.3 Å². The molecule has 1 rings (SSSR count). The molecule has 0 spiro atoms. The van der Waals surface area contributed by atoms with Crippen molar-refractivity contribution in [2.24, 2.45) is 0 Å². The van der Waals surface area contributed by atoms with Crippen LogP contribution in [-0.4, -0.2) is 29.7 Å². The highest BCUT2D eigenvalue weighted by Crippen LogP contribution is 2.12. The molecule has 1 aromatic rings. The van der Waals surface area contributed by atoms with E-state index in [-0.39, 0.29) is 12.5 Å². The third-order valence-corrected chi connectivity index (χ3v) is 2.23. The first-order valence-corrected chi connectivity index (χ1v) is 5.20. The van der Waals surface area contributed by atoms with Gasteiger partial charge in [-0.2, -0.15) is 0 Å². The summed E-state index contributed by atoms with van der Waals surface area (Å²) in [5.74, 6) is -1.46. The third kappa shape index (κ3) is 4.24. The number of hydrogen-bond acceptors (Lipinski definition) is 3. The average Bonchev–Trinajstić information content (AvgIpc) is 2.29. The number of carbonyl (C=O) groups is 2. The molecule has 2 N–H and O–H groups in total. The van der Waals surface area contributed by atoms with Crippen LogP contribution in [0.3, 0.4) is 0 Å². The molecule has 0 aliphatic carbocycles. The van der Waals surface area contributed by atoms with Crippen LogP contribution >= 0.6 is 0 Å². The maximum Gasteiger partial charge on any atom is 0.332 e. The van der Waals surface area contributed by atoms with Gasteiger partial charge in [0.1, 0.15) is 6.61 Å². The second-order valence-corrected chi connectivity index (χ2v) is 3.65. The number of carbonyl (C=O) groups excluding carboxylic acids is 1. The van der Waals surface area contributed by atoms with Crippen LogP contribution in [0.25, 0.3) is 0 Å². The number of anilines is 1. The van der Waals surface area contributed by atoms with E-state index in [1.807, 2.05) is 25.1 Å². The number of amides is 1. The van der Waals surface area contributed by atoms with E-state index in [0.29, 0.717) is 5.69 Å². The molecule has 1 amide bonds. The normalized spacial score (nSPS) is 11.9. The number of hydrogen-bond donors (Lipinski definition) is 2. The zero-order valence-corrected chi connectivity index (χ0v) is 9.77. The zero-order chi connectivity index (χ0) is 12.8. The van der Waals surface area contributed by atoms with Gasteiger partial charge in [-0.15, -0.1) is 0 Å². The minimum atomic E-state index is -1.09. The van der Waals surface area contributed by atoms with Gasteiger partial charge in [-0.05, 0) is 25.5 Å². The number of benzene rings is 1. The van der Waals surface area contributed by atoms with Crippen molar-refractivity contribution in [3.8, 4) is 0 Å². The van der Waals surface area contributed by atoms with E-state index in [9.17, 15) is 9.59 Å². The maximum absolute atomic E-state index is 11.5. The molecule has 1 atom stereocenters. The monoisotopic (exact) mass is 237 g/mol. The molecule has 0 fully saturated rings. The number of carboxylic acid groups (broad SMARTS) is 1. The lowest BCUT2D eigenvalue weighted by atomic mass is 10.2. The van der Waals surface area contributed by atoms with Gasteiger partial charge in [0.05, 0.1) is 0 Å². The predicted octanol–water partition coefficient (Wildman–Crippen LogP) is 1.42. The van der Waals surface area contributed by atoms with Crippen LogP contribution in [-0.2, 0) is 14.3 Å². The van der Waals surface area contributed by atoms with E-state index in [1.165, 1.54) is 6.92 Å². The van der Waals surface area contributed by atoms with Crippen molar-refractivity contribution < 1.29 is 19.4 Å². The van der Waals surface area contributed by atoms with Crippen molar-refractivity contribution in [3.63, 3.8) is 0 Å². The summed E-state index contributed by atoms with van der Waals surface area (Å²) in [6.07, 6.45) is -0.988. The molecule has 0 unspecified atom stereocenters. The molecule has 0 saturated heterocycles. The van der Waals surface area contributed by atoms with Crippen molar-refractivity contribution in [3.05, 3.63) is 29.8 Å². The Kier molecular flexibility index (Phi) is 4.66. The SMILES string of the molecule is Cc1ccccc1NC(=O)CO[C@H](C)C(=O)O. The van der Waals surface area contributed by atoms with Gasteiger partial charge in [0.15, 0.2) is 6.10 Å². The second kappa shape index (κ2) is 6.00. The van der Waals surface area contributed by atoms with Gasteiger partial charge in [0.2, 0.25) is 5.91 Å². The van der Waals surface area contributed by atoms with E-state index in [0.717, 1.165) is 5.56 Å². The molecule has 17 heavy (non-hydrogen) atoms. The molecular formula is C12H15NO4. The van der Waals surface area contributed by atoms with Crippen molar-refractivity contribution in [2.75, 3.05) is 11.9 Å². The number of aryl methyl sites for hydroxylation is 1. The summed E-state index contributed by atoms with van der Waals surface area (Å²) in [6, 6.07) is 7.32. The maximum atomic E-state index is 11.5. The summed E-state index contributed by atoms with van der Waals surface area (Å²) in [6.45, 7) is 2.97.